The highest BCUT2D eigenvalue weighted by Gasteiger charge is 2.30. The minimum atomic E-state index is -4.95. The molecule has 2 unspecified atom stereocenters. The lowest BCUT2D eigenvalue weighted by Crippen LogP contribution is -2.30. The molecular formula is C75H146O17P2. The normalized spacial score (nSPS) is 14.0. The third kappa shape index (κ3) is 68.6. The number of hydrogen-bond donors (Lipinski definition) is 3. The van der Waals surface area contributed by atoms with E-state index in [4.69, 9.17) is 37.0 Å². The molecule has 17 nitrogen and oxygen atoms in total. The van der Waals surface area contributed by atoms with Gasteiger partial charge in [0.1, 0.15) is 19.3 Å². The van der Waals surface area contributed by atoms with E-state index in [2.05, 4.69) is 34.6 Å². The van der Waals surface area contributed by atoms with Gasteiger partial charge in [0.05, 0.1) is 26.4 Å². The maximum absolute atomic E-state index is 13.1. The second kappa shape index (κ2) is 68.2. The standard InChI is InChI=1S/C75H146O17P2/c1-6-9-12-15-18-21-24-27-30-34-39-44-49-54-59-73(78)86-65-71(92-75(80)61-56-51-46-41-36-31-32-37-42-47-52-57-68(4)5)67-90-94(83,84)88-63-69(76)62-87-93(81,82)89-66-70(91-74(79)60-55-50-45-40-35-29-26-23-20-17-14-11-8-3)64-85-72(77)58-53-48-43-38-33-28-25-22-19-16-13-10-7-2/h68-71,76H,6-67H2,1-5H3,(H,81,82)(H,83,84)/t69-,70+,71+/m0/s1. The summed E-state index contributed by atoms with van der Waals surface area (Å²) in [4.78, 5) is 72.8. The first-order valence-electron chi connectivity index (χ1n) is 39.1. The predicted molar refractivity (Wildman–Crippen MR) is 382 cm³/mol. The Labute approximate surface area is 575 Å². The molecule has 0 aliphatic carbocycles. The van der Waals surface area contributed by atoms with Crippen molar-refractivity contribution in [2.75, 3.05) is 39.6 Å². The Hall–Kier alpha value is -1.94. The molecule has 0 rings (SSSR count). The van der Waals surface area contributed by atoms with E-state index in [-0.39, 0.29) is 25.7 Å². The highest BCUT2D eigenvalue weighted by molar-refractivity contribution is 7.47. The van der Waals surface area contributed by atoms with Crippen LogP contribution in [-0.4, -0.2) is 96.7 Å². The minimum absolute atomic E-state index is 0.107. The number of ether oxygens (including phenoxy) is 4. The number of rotatable bonds is 75. The molecule has 0 aliphatic heterocycles. The summed E-state index contributed by atoms with van der Waals surface area (Å²) in [7, 11) is -9.91. The zero-order chi connectivity index (χ0) is 69.1. The summed E-state index contributed by atoms with van der Waals surface area (Å²) in [6, 6.07) is 0. The second-order valence-corrected chi connectivity index (χ2v) is 30.4. The first-order chi connectivity index (χ1) is 45.5. The molecule has 0 radical (unpaired) electrons. The Bertz CT molecular complexity index is 1810. The molecule has 0 aliphatic rings. The topological polar surface area (TPSA) is 237 Å². The third-order valence-corrected chi connectivity index (χ3v) is 19.4. The average molecular weight is 1380 g/mol. The van der Waals surface area contributed by atoms with Crippen molar-refractivity contribution in [2.24, 2.45) is 5.92 Å². The van der Waals surface area contributed by atoms with Crippen molar-refractivity contribution in [1.82, 2.24) is 0 Å². The lowest BCUT2D eigenvalue weighted by atomic mass is 10.0. The Morgan fingerprint density at radius 1 is 0.287 bits per heavy atom. The molecule has 0 aromatic rings. The number of aliphatic hydroxyl groups excluding tert-OH is 1. The summed E-state index contributed by atoms with van der Waals surface area (Å²) in [6.07, 6.45) is 56.6. The summed E-state index contributed by atoms with van der Waals surface area (Å²) in [5, 5.41) is 10.6. The number of carbonyl (C=O) groups is 4. The van der Waals surface area contributed by atoms with Crippen LogP contribution in [0, 0.1) is 5.92 Å². The van der Waals surface area contributed by atoms with Gasteiger partial charge in [-0.1, -0.05) is 343 Å². The number of unbranched alkanes of at least 4 members (excludes halogenated alkanes) is 47. The monoisotopic (exact) mass is 1380 g/mol. The molecule has 94 heavy (non-hydrogen) atoms. The lowest BCUT2D eigenvalue weighted by Gasteiger charge is -2.21. The average Bonchev–Trinajstić information content (AvgIpc) is 1.81. The van der Waals surface area contributed by atoms with Gasteiger partial charge in [-0.05, 0) is 31.6 Å². The molecule has 5 atom stereocenters. The van der Waals surface area contributed by atoms with Crippen LogP contribution in [-0.2, 0) is 65.4 Å². The van der Waals surface area contributed by atoms with Crippen molar-refractivity contribution in [3.05, 3.63) is 0 Å². The molecule has 0 aromatic carbocycles. The molecule has 0 fully saturated rings. The lowest BCUT2D eigenvalue weighted by molar-refractivity contribution is -0.161. The molecule has 0 saturated heterocycles. The largest absolute Gasteiger partial charge is 0.472 e. The fourth-order valence-corrected chi connectivity index (χ4v) is 13.1. The quantitative estimate of drug-likeness (QED) is 0.0222. The zero-order valence-electron chi connectivity index (χ0n) is 61.1. The number of phosphoric ester groups is 2. The molecule has 19 heteroatoms. The smallest absolute Gasteiger partial charge is 0.462 e. The van der Waals surface area contributed by atoms with Crippen molar-refractivity contribution in [1.29, 1.82) is 0 Å². The van der Waals surface area contributed by atoms with Crippen LogP contribution in [0.15, 0.2) is 0 Å². The van der Waals surface area contributed by atoms with Gasteiger partial charge in [-0.2, -0.15) is 0 Å². The van der Waals surface area contributed by atoms with Gasteiger partial charge < -0.3 is 33.8 Å². The maximum Gasteiger partial charge on any atom is 0.472 e. The molecule has 0 spiro atoms. The van der Waals surface area contributed by atoms with Crippen molar-refractivity contribution in [3.8, 4) is 0 Å². The van der Waals surface area contributed by atoms with Crippen molar-refractivity contribution < 1.29 is 80.2 Å². The highest BCUT2D eigenvalue weighted by Crippen LogP contribution is 2.45. The first kappa shape index (κ1) is 92.1. The fourth-order valence-electron chi connectivity index (χ4n) is 11.5. The fraction of sp³-hybridized carbons (Fsp3) is 0.947. The molecule has 0 amide bonds. The SMILES string of the molecule is CCCCCCCCCCCCCCCCC(=O)OC[C@H](COP(=O)(O)OC[C@@H](O)COP(=O)(O)OC[C@@H](COC(=O)CCCCCCCCCCCCCCC)OC(=O)CCCCCCCCCCCCCCC)OC(=O)CCCCCCCCCCCCCC(C)C. The third-order valence-electron chi connectivity index (χ3n) is 17.5. The second-order valence-electron chi connectivity index (χ2n) is 27.5. The van der Waals surface area contributed by atoms with Crippen LogP contribution in [0.2, 0.25) is 0 Å². The van der Waals surface area contributed by atoms with E-state index in [1.807, 2.05) is 0 Å². The van der Waals surface area contributed by atoms with Gasteiger partial charge in [0, 0.05) is 25.7 Å². The number of hydrogen-bond acceptors (Lipinski definition) is 15. The van der Waals surface area contributed by atoms with Crippen molar-refractivity contribution in [3.63, 3.8) is 0 Å². The summed E-state index contributed by atoms with van der Waals surface area (Å²) in [5.74, 6) is -1.35. The maximum atomic E-state index is 13.1. The van der Waals surface area contributed by atoms with Gasteiger partial charge in [-0.15, -0.1) is 0 Å². The van der Waals surface area contributed by atoms with E-state index in [0.29, 0.717) is 25.7 Å². The Morgan fingerprint density at radius 3 is 0.723 bits per heavy atom. The van der Waals surface area contributed by atoms with Gasteiger partial charge in [-0.3, -0.25) is 37.3 Å². The molecule has 0 aromatic heterocycles. The van der Waals surface area contributed by atoms with E-state index in [9.17, 15) is 43.2 Å². The van der Waals surface area contributed by atoms with Gasteiger partial charge in [0.25, 0.3) is 0 Å². The predicted octanol–water partition coefficient (Wildman–Crippen LogP) is 22.1. The number of carbonyl (C=O) groups excluding carboxylic acids is 4. The van der Waals surface area contributed by atoms with Crippen LogP contribution >= 0.6 is 15.6 Å². The summed E-state index contributed by atoms with van der Waals surface area (Å²) in [5.41, 5.74) is 0. The van der Waals surface area contributed by atoms with Crippen LogP contribution in [0.3, 0.4) is 0 Å². The first-order valence-corrected chi connectivity index (χ1v) is 42.1. The molecule has 0 heterocycles. The van der Waals surface area contributed by atoms with E-state index >= 15 is 0 Å². The van der Waals surface area contributed by atoms with Crippen LogP contribution in [0.5, 0.6) is 0 Å². The Kier molecular flexibility index (Phi) is 66.8. The van der Waals surface area contributed by atoms with Gasteiger partial charge in [-0.25, -0.2) is 9.13 Å². The van der Waals surface area contributed by atoms with Crippen molar-refractivity contribution in [2.45, 2.75) is 412 Å². The van der Waals surface area contributed by atoms with E-state index in [1.165, 1.54) is 218 Å². The van der Waals surface area contributed by atoms with Gasteiger partial charge in [0.2, 0.25) is 0 Å². The molecular weight excluding hydrogens is 1230 g/mol. The van der Waals surface area contributed by atoms with Crippen LogP contribution < -0.4 is 0 Å². The molecule has 0 saturated carbocycles. The number of esters is 4. The van der Waals surface area contributed by atoms with Crippen LogP contribution in [0.4, 0.5) is 0 Å². The minimum Gasteiger partial charge on any atom is -0.462 e. The summed E-state index contributed by atoms with van der Waals surface area (Å²) >= 11 is 0. The molecule has 3 N–H and O–H groups in total. The van der Waals surface area contributed by atoms with Gasteiger partial charge >= 0.3 is 39.5 Å². The van der Waals surface area contributed by atoms with Crippen LogP contribution in [0.25, 0.3) is 0 Å². The molecule has 558 valence electrons. The van der Waals surface area contributed by atoms with Gasteiger partial charge in [0.15, 0.2) is 12.2 Å². The van der Waals surface area contributed by atoms with Crippen LogP contribution in [0.1, 0.15) is 394 Å². The Balaban J connectivity index is 5.26. The van der Waals surface area contributed by atoms with E-state index in [0.717, 1.165) is 95.8 Å². The zero-order valence-corrected chi connectivity index (χ0v) is 62.9. The number of phosphoric acid groups is 2. The number of aliphatic hydroxyl groups is 1. The van der Waals surface area contributed by atoms with Crippen molar-refractivity contribution >= 4 is 39.5 Å². The molecule has 0 bridgehead atoms. The summed E-state index contributed by atoms with van der Waals surface area (Å²) < 4.78 is 68.5. The van der Waals surface area contributed by atoms with E-state index in [1.54, 1.807) is 0 Å². The Morgan fingerprint density at radius 2 is 0.489 bits per heavy atom. The highest BCUT2D eigenvalue weighted by atomic mass is 31.2. The van der Waals surface area contributed by atoms with E-state index < -0.39 is 97.5 Å². The summed E-state index contributed by atoms with van der Waals surface area (Å²) in [6.45, 7) is 7.30.